The van der Waals surface area contributed by atoms with Crippen LogP contribution >= 0.6 is 22.9 Å². The van der Waals surface area contributed by atoms with Gasteiger partial charge in [0.1, 0.15) is 0 Å². The minimum absolute atomic E-state index is 0.538. The number of fused-ring (bicyclic) bond motifs is 1. The Bertz CT molecular complexity index is 372. The summed E-state index contributed by atoms with van der Waals surface area (Å²) < 4.78 is 0.941. The van der Waals surface area contributed by atoms with Gasteiger partial charge in [0.15, 0.2) is 0 Å². The number of halogens is 1. The number of nitrogens with one attached hydrogen (secondary N) is 1. The van der Waals surface area contributed by atoms with Crippen LogP contribution in [0.2, 0.25) is 4.34 Å². The van der Waals surface area contributed by atoms with E-state index in [0.29, 0.717) is 12.1 Å². The highest BCUT2D eigenvalue weighted by Crippen LogP contribution is 2.39. The molecule has 1 N–H and O–H groups in total. The fourth-order valence-electron chi connectivity index (χ4n) is 2.51. The zero-order valence-corrected chi connectivity index (χ0v) is 12.5. The summed E-state index contributed by atoms with van der Waals surface area (Å²) in [6, 6.07) is 3.30. The molecule has 1 aromatic heterocycles. The highest BCUT2D eigenvalue weighted by Gasteiger charge is 2.25. The van der Waals surface area contributed by atoms with Gasteiger partial charge in [-0.3, -0.25) is 0 Å². The SMILES string of the molecule is CC(C)CCC(C)NC1CCc2sc(Cl)cc21. The minimum atomic E-state index is 0.538. The summed E-state index contributed by atoms with van der Waals surface area (Å²) in [6.45, 7) is 6.88. The average molecular weight is 272 g/mol. The van der Waals surface area contributed by atoms with E-state index < -0.39 is 0 Å². The first-order valence-corrected chi connectivity index (χ1v) is 7.80. The van der Waals surface area contributed by atoms with Gasteiger partial charge in [-0.15, -0.1) is 11.3 Å². The number of hydrogen-bond acceptors (Lipinski definition) is 2. The molecule has 96 valence electrons. The molecule has 0 bridgehead atoms. The molecule has 3 heteroatoms. The van der Waals surface area contributed by atoms with Crippen LogP contribution in [0.15, 0.2) is 6.07 Å². The smallest absolute Gasteiger partial charge is 0.0934 e. The number of thiophene rings is 1. The normalized spacial score (nSPS) is 20.9. The molecule has 1 nitrogen and oxygen atoms in total. The zero-order chi connectivity index (χ0) is 12.4. The summed E-state index contributed by atoms with van der Waals surface area (Å²) in [5.41, 5.74) is 1.45. The zero-order valence-electron chi connectivity index (χ0n) is 10.9. The second-order valence-corrected chi connectivity index (χ2v) is 7.33. The maximum absolute atomic E-state index is 6.07. The second-order valence-electron chi connectivity index (χ2n) is 5.56. The molecule has 1 aromatic rings. The van der Waals surface area contributed by atoms with Crippen LogP contribution < -0.4 is 5.32 Å². The number of hydrogen-bond donors (Lipinski definition) is 1. The maximum atomic E-state index is 6.07. The molecule has 0 saturated carbocycles. The van der Waals surface area contributed by atoms with Gasteiger partial charge >= 0.3 is 0 Å². The second kappa shape index (κ2) is 5.73. The van der Waals surface area contributed by atoms with E-state index >= 15 is 0 Å². The Kier molecular flexibility index (Phi) is 4.51. The van der Waals surface area contributed by atoms with E-state index in [0.717, 1.165) is 10.3 Å². The van der Waals surface area contributed by atoms with Gasteiger partial charge in [0.2, 0.25) is 0 Å². The lowest BCUT2D eigenvalue weighted by Gasteiger charge is -2.20. The Labute approximate surface area is 114 Å². The first-order valence-electron chi connectivity index (χ1n) is 6.60. The van der Waals surface area contributed by atoms with Crippen molar-refractivity contribution < 1.29 is 0 Å². The van der Waals surface area contributed by atoms with Gasteiger partial charge in [0.25, 0.3) is 0 Å². The Morgan fingerprint density at radius 1 is 1.41 bits per heavy atom. The van der Waals surface area contributed by atoms with Crippen molar-refractivity contribution in [1.82, 2.24) is 5.32 Å². The Balaban J connectivity index is 1.88. The van der Waals surface area contributed by atoms with Crippen molar-refractivity contribution in [2.45, 2.75) is 58.5 Å². The van der Waals surface area contributed by atoms with Crippen molar-refractivity contribution in [1.29, 1.82) is 0 Å². The van der Waals surface area contributed by atoms with Gasteiger partial charge in [-0.05, 0) is 50.2 Å². The van der Waals surface area contributed by atoms with Crippen LogP contribution in [0.5, 0.6) is 0 Å². The van der Waals surface area contributed by atoms with E-state index in [1.165, 1.54) is 36.1 Å². The summed E-state index contributed by atoms with van der Waals surface area (Å²) in [7, 11) is 0. The van der Waals surface area contributed by atoms with Crippen molar-refractivity contribution in [3.05, 3.63) is 20.8 Å². The molecule has 0 spiro atoms. The Morgan fingerprint density at radius 2 is 2.18 bits per heavy atom. The van der Waals surface area contributed by atoms with E-state index in [2.05, 4.69) is 32.2 Å². The quantitative estimate of drug-likeness (QED) is 0.811. The molecule has 2 rings (SSSR count). The standard InChI is InChI=1S/C14H22ClNS/c1-9(2)4-5-10(3)16-12-6-7-13-11(12)8-14(15)17-13/h8-10,12,16H,4-7H2,1-3H3. The molecule has 0 fully saturated rings. The molecule has 1 heterocycles. The third kappa shape index (κ3) is 3.46. The molecule has 0 amide bonds. The molecule has 2 atom stereocenters. The Morgan fingerprint density at radius 3 is 2.88 bits per heavy atom. The van der Waals surface area contributed by atoms with Crippen LogP contribution in [0.4, 0.5) is 0 Å². The number of aryl methyl sites for hydroxylation is 1. The highest BCUT2D eigenvalue weighted by molar-refractivity contribution is 7.16. The third-order valence-electron chi connectivity index (χ3n) is 3.51. The third-order valence-corrected chi connectivity index (χ3v) is 4.85. The maximum Gasteiger partial charge on any atom is 0.0934 e. The molecule has 2 unspecified atom stereocenters. The molecular weight excluding hydrogens is 250 g/mol. The minimum Gasteiger partial charge on any atom is -0.307 e. The first kappa shape index (κ1) is 13.4. The van der Waals surface area contributed by atoms with Crippen LogP contribution in [-0.4, -0.2) is 6.04 Å². The van der Waals surface area contributed by atoms with Crippen molar-refractivity contribution in [2.24, 2.45) is 5.92 Å². The molecule has 0 saturated heterocycles. The molecule has 0 aromatic carbocycles. The summed E-state index contributed by atoms with van der Waals surface area (Å²) in [5.74, 6) is 0.800. The van der Waals surface area contributed by atoms with Gasteiger partial charge in [0.05, 0.1) is 4.34 Å². The number of rotatable bonds is 5. The van der Waals surface area contributed by atoms with Gasteiger partial charge in [0, 0.05) is 17.0 Å². The van der Waals surface area contributed by atoms with E-state index in [1.54, 1.807) is 11.3 Å². The van der Waals surface area contributed by atoms with Gasteiger partial charge in [-0.1, -0.05) is 25.4 Å². The van der Waals surface area contributed by atoms with Gasteiger partial charge in [-0.2, -0.15) is 0 Å². The predicted octanol–water partition coefficient (Wildman–Crippen LogP) is 4.80. The summed E-state index contributed by atoms with van der Waals surface area (Å²) >= 11 is 7.83. The Hall–Kier alpha value is -0.0500. The fourth-order valence-corrected chi connectivity index (χ4v) is 3.87. The van der Waals surface area contributed by atoms with E-state index in [1.807, 2.05) is 0 Å². The van der Waals surface area contributed by atoms with E-state index in [9.17, 15) is 0 Å². The molecular formula is C14H22ClNS. The predicted molar refractivity (Wildman–Crippen MR) is 77.1 cm³/mol. The van der Waals surface area contributed by atoms with Crippen LogP contribution in [0.25, 0.3) is 0 Å². The molecule has 17 heavy (non-hydrogen) atoms. The van der Waals surface area contributed by atoms with Crippen LogP contribution in [-0.2, 0) is 6.42 Å². The molecule has 0 radical (unpaired) electrons. The average Bonchev–Trinajstić information content (AvgIpc) is 2.76. The largest absolute Gasteiger partial charge is 0.307 e. The lowest BCUT2D eigenvalue weighted by atomic mass is 10.0. The van der Waals surface area contributed by atoms with Crippen molar-refractivity contribution in [3.8, 4) is 0 Å². The van der Waals surface area contributed by atoms with Crippen molar-refractivity contribution in [3.63, 3.8) is 0 Å². The van der Waals surface area contributed by atoms with Crippen LogP contribution in [0.3, 0.4) is 0 Å². The monoisotopic (exact) mass is 271 g/mol. The molecule has 0 aliphatic heterocycles. The fraction of sp³-hybridized carbons (Fsp3) is 0.714. The first-order chi connectivity index (χ1) is 8.06. The summed E-state index contributed by atoms with van der Waals surface area (Å²) in [5, 5.41) is 3.75. The van der Waals surface area contributed by atoms with Gasteiger partial charge in [-0.25, -0.2) is 0 Å². The van der Waals surface area contributed by atoms with Crippen LogP contribution in [0.1, 0.15) is 56.5 Å². The lowest BCUT2D eigenvalue weighted by Crippen LogP contribution is -2.29. The van der Waals surface area contributed by atoms with Crippen LogP contribution in [0, 0.1) is 5.92 Å². The highest BCUT2D eigenvalue weighted by atomic mass is 35.5. The molecule has 1 aliphatic carbocycles. The van der Waals surface area contributed by atoms with Crippen molar-refractivity contribution >= 4 is 22.9 Å². The lowest BCUT2D eigenvalue weighted by molar-refractivity contribution is 0.403. The van der Waals surface area contributed by atoms with E-state index in [-0.39, 0.29) is 0 Å². The van der Waals surface area contributed by atoms with Gasteiger partial charge < -0.3 is 5.32 Å². The van der Waals surface area contributed by atoms with E-state index in [4.69, 9.17) is 11.6 Å². The summed E-state index contributed by atoms with van der Waals surface area (Å²) in [6.07, 6.45) is 5.01. The topological polar surface area (TPSA) is 12.0 Å². The molecule has 1 aliphatic rings. The summed E-state index contributed by atoms with van der Waals surface area (Å²) in [4.78, 5) is 1.49. The van der Waals surface area contributed by atoms with Crippen molar-refractivity contribution in [2.75, 3.05) is 0 Å².